The van der Waals surface area contributed by atoms with E-state index in [1.54, 1.807) is 25.1 Å². The molecule has 0 aliphatic rings. The first-order valence-electron chi connectivity index (χ1n) is 16.8. The second-order valence-electron chi connectivity index (χ2n) is 12.0. The van der Waals surface area contributed by atoms with Crippen LogP contribution >= 0.6 is 11.6 Å². The number of aromatic carboxylic acids is 1. The van der Waals surface area contributed by atoms with Gasteiger partial charge >= 0.3 is 106 Å². The van der Waals surface area contributed by atoms with Crippen molar-refractivity contribution in [1.82, 2.24) is 15.0 Å². The van der Waals surface area contributed by atoms with Gasteiger partial charge in [-0.3, -0.25) is 13.7 Å². The summed E-state index contributed by atoms with van der Waals surface area (Å²) in [5.74, 6) is -3.64. The maximum absolute atomic E-state index is 12.7. The van der Waals surface area contributed by atoms with Gasteiger partial charge in [-0.05, 0) is 73.1 Å². The van der Waals surface area contributed by atoms with Gasteiger partial charge in [-0.15, -0.1) is 17.7 Å². The van der Waals surface area contributed by atoms with Crippen LogP contribution in [0.25, 0.3) is 0 Å². The molecule has 1 radical (unpaired) electrons. The van der Waals surface area contributed by atoms with Crippen LogP contribution in [-0.2, 0) is 61.7 Å². The number of nitrogens with one attached hydrogen (secondary N) is 1. The summed E-state index contributed by atoms with van der Waals surface area (Å²) in [6.45, 7) is 0.970. The molecule has 0 aliphatic carbocycles. The van der Waals surface area contributed by atoms with Gasteiger partial charge in [-0.1, -0.05) is 6.07 Å². The number of rotatable bonds is 18. The molecule has 66 heavy (non-hydrogen) atoms. The number of carboxylic acids is 1. The van der Waals surface area contributed by atoms with Crippen molar-refractivity contribution in [2.45, 2.75) is 21.6 Å². The molecule has 24 nitrogen and oxygen atoms in total. The van der Waals surface area contributed by atoms with Crippen molar-refractivity contribution in [1.29, 1.82) is 0 Å². The van der Waals surface area contributed by atoms with E-state index in [2.05, 4.69) is 44.9 Å². The second-order valence-corrected chi connectivity index (χ2v) is 18.4. The number of carboxylic acid groups (broad SMARTS) is 1. The van der Waals surface area contributed by atoms with Crippen LogP contribution in [0.5, 0.6) is 5.75 Å². The van der Waals surface area contributed by atoms with Crippen LogP contribution in [-0.4, -0.2) is 97.4 Å². The number of nitrogens with zero attached hydrogens (tertiary/aromatic N) is 8. The van der Waals surface area contributed by atoms with Crippen molar-refractivity contribution in [2.24, 2.45) is 20.5 Å². The molecule has 6 N–H and O–H groups in total. The van der Waals surface area contributed by atoms with Crippen molar-refractivity contribution in [3.8, 4) is 5.75 Å². The van der Waals surface area contributed by atoms with Gasteiger partial charge in [0.25, 0.3) is 20.2 Å². The smallest absolute Gasteiger partial charge is 0.504 e. The summed E-state index contributed by atoms with van der Waals surface area (Å²) in [5, 5.41) is 38.6. The van der Waals surface area contributed by atoms with Crippen LogP contribution in [0.2, 0.25) is 5.28 Å². The molecule has 4 aromatic carbocycles. The average molecular weight is 1090 g/mol. The van der Waals surface area contributed by atoms with E-state index in [-0.39, 0.29) is 130 Å². The molecule has 1 aromatic heterocycles. The zero-order valence-electron chi connectivity index (χ0n) is 35.4. The molecule has 0 amide bonds. The van der Waals surface area contributed by atoms with E-state index < -0.39 is 114 Å². The van der Waals surface area contributed by atoms with Gasteiger partial charge in [0.2, 0.25) is 17.2 Å². The molecule has 5 rings (SSSR count). The van der Waals surface area contributed by atoms with Crippen molar-refractivity contribution >= 4 is 92.7 Å². The molecule has 5 aromatic rings. The predicted molar refractivity (Wildman–Crippen MR) is 217 cm³/mol. The number of aromatic nitrogens is 3. The summed E-state index contributed by atoms with van der Waals surface area (Å²) >= 11 is 6.21. The molecule has 0 saturated heterocycles. The van der Waals surface area contributed by atoms with Crippen LogP contribution in [0, 0.1) is 6.17 Å². The third-order valence-electron chi connectivity index (χ3n) is 7.89. The van der Waals surface area contributed by atoms with Crippen molar-refractivity contribution in [3.05, 3.63) is 108 Å². The molecule has 0 fully saturated rings. The summed E-state index contributed by atoms with van der Waals surface area (Å²) in [4.78, 5) is 23.8. The number of hydrogen-bond donors (Lipinski definition) is 6. The fraction of sp³-hybridized carbons (Fsp3) is 0.121. The molecule has 0 atom stereocenters. The monoisotopic (exact) mass is 1090 g/mol. The van der Waals surface area contributed by atoms with E-state index in [0.717, 1.165) is 30.3 Å². The van der Waals surface area contributed by atoms with Crippen LogP contribution in [0.15, 0.2) is 120 Å². The maximum atomic E-state index is 12.7. The Morgan fingerprint density at radius 1 is 0.788 bits per heavy atom. The molecule has 0 saturated carbocycles. The molecule has 0 aliphatic heterocycles. The van der Waals surface area contributed by atoms with Gasteiger partial charge < -0.3 is 20.4 Å². The first-order chi connectivity index (χ1) is 28.9. The fourth-order valence-corrected chi connectivity index (χ4v) is 7.72. The number of sulfone groups is 1. The first kappa shape index (κ1) is 61.3. The summed E-state index contributed by atoms with van der Waals surface area (Å²) in [7, 11) is -18.7. The topological polar surface area (TPSA) is 367 Å². The average Bonchev–Trinajstić information content (AvgIpc) is 3.18. The number of anilines is 4. The maximum Gasteiger partial charge on any atom is 1.00 e. The minimum atomic E-state index is -5.02. The third kappa shape index (κ3) is 17.0. The van der Waals surface area contributed by atoms with E-state index in [4.69, 9.17) is 16.2 Å². The quantitative estimate of drug-likeness (QED) is 0.0163. The summed E-state index contributed by atoms with van der Waals surface area (Å²) < 4.78 is 127. The standard InChI is InChI=1S/C33H29ClN9O15S4.Cu.3Na/c1-2-43(20-8-10-21(11-9-20)59(47,48)15-14-58-62(55,56)57)33-37-31(34)36-32(38-33)35-26-17-23(61(52,53)54)18-27(28(26)44)40-42-29(19-6-4-3-5-7-19)41-39-25-16-22(60(49,50)51)12-13-24(25)30(45)46;;;;/h3-13,16-18,44H,2,14-15H2,1H3,(H,45,46)(H,49,50,51)(H,52,53,54)(H,55,56,57)(H,35,36,37,38);;;;/q-1;;3*+1/p+1. The van der Waals surface area contributed by atoms with Crippen molar-refractivity contribution in [3.63, 3.8) is 0 Å². The zero-order valence-corrected chi connectivity index (χ0v) is 45.4. The fourth-order valence-electron chi connectivity index (χ4n) is 5.05. The normalized spacial score (nSPS) is 11.7. The molecule has 0 bridgehead atoms. The van der Waals surface area contributed by atoms with Gasteiger partial charge in [0.15, 0.2) is 15.6 Å². The number of carbonyl (C=O) groups is 1. The molecule has 33 heteroatoms. The zero-order chi connectivity index (χ0) is 45.6. The third-order valence-corrected chi connectivity index (χ3v) is 11.9. The molecule has 0 unspecified atom stereocenters. The number of hydrogen-bond acceptors (Lipinski definition) is 20. The number of benzene rings is 4. The molecular formula is C33H30ClCuN9Na3O15S4+3. The Balaban J connectivity index is 0.00000871. The number of azo groups is 2. The van der Waals surface area contributed by atoms with Gasteiger partial charge in [-0.25, -0.2) is 17.4 Å². The Bertz CT molecular complexity index is 3050. The Kier molecular flexibility index (Phi) is 23.9. The minimum absolute atomic E-state index is 0. The minimum Gasteiger partial charge on any atom is -0.504 e. The first-order valence-corrected chi connectivity index (χ1v) is 23.1. The Morgan fingerprint density at radius 3 is 1.89 bits per heavy atom. The summed E-state index contributed by atoms with van der Waals surface area (Å²) in [6.07, 6.45) is -0.393. The second kappa shape index (κ2) is 25.8. The van der Waals surface area contributed by atoms with E-state index >= 15 is 0 Å². The SMILES string of the molecule is CCN(c1ccc(S(=O)(=O)CCOS(=O)(=O)O)cc1)c1nc(Cl)nc(Nc2cc(S(=O)(=O)O)cc(N=N[C-](N=Nc3cc(S(=O)(=O)O)ccc3C(=O)O)c3ccccc3)c2O)n1.[Cu].[H+].[Na+].[Na+].[Na+]. The van der Waals surface area contributed by atoms with Crippen LogP contribution in [0.1, 0.15) is 24.3 Å². The van der Waals surface area contributed by atoms with Gasteiger partial charge in [-0.2, -0.15) is 72.8 Å². The molecular weight excluding hydrogens is 1060 g/mol. The largest absolute Gasteiger partial charge is 1.00 e. The predicted octanol–water partition coefficient (Wildman–Crippen LogP) is -3.56. The van der Waals surface area contributed by atoms with Gasteiger partial charge in [0, 0.05) is 29.3 Å². The van der Waals surface area contributed by atoms with Gasteiger partial charge in [0.05, 0.1) is 44.5 Å². The Morgan fingerprint density at radius 2 is 1.35 bits per heavy atom. The number of aromatic hydroxyl groups is 1. The molecule has 339 valence electrons. The van der Waals surface area contributed by atoms with Gasteiger partial charge in [0.1, 0.15) is 11.4 Å². The van der Waals surface area contributed by atoms with Crippen LogP contribution in [0.4, 0.5) is 34.6 Å². The summed E-state index contributed by atoms with van der Waals surface area (Å²) in [5.41, 5.74) is -1.63. The van der Waals surface area contributed by atoms with Crippen molar-refractivity contribution in [2.75, 3.05) is 29.1 Å². The van der Waals surface area contributed by atoms with Crippen molar-refractivity contribution < 1.29 is 174 Å². The number of phenolic OH excluding ortho intramolecular Hbond substituents is 1. The molecule has 1 heterocycles. The van der Waals surface area contributed by atoms with Crippen LogP contribution < -0.4 is 98.9 Å². The Labute approximate surface area is 460 Å². The van der Waals surface area contributed by atoms with E-state index in [1.807, 2.05) is 0 Å². The number of halogens is 1. The van der Waals surface area contributed by atoms with E-state index in [1.165, 1.54) is 41.3 Å². The molecule has 0 spiro atoms. The Hall–Kier alpha value is -2.72. The van der Waals surface area contributed by atoms with E-state index in [9.17, 15) is 57.8 Å². The summed E-state index contributed by atoms with van der Waals surface area (Å²) in [6, 6.07) is 16.7. The number of phenols is 1. The van der Waals surface area contributed by atoms with Crippen LogP contribution in [0.3, 0.4) is 0 Å². The van der Waals surface area contributed by atoms with E-state index in [0.29, 0.717) is 5.69 Å².